The smallest absolute Gasteiger partial charge is 0.105 e. The molecule has 16 heavy (non-hydrogen) atoms. The van der Waals surface area contributed by atoms with Gasteiger partial charge in [-0.3, -0.25) is 0 Å². The number of nitrogens with two attached hydrogens (primary N) is 1. The van der Waals surface area contributed by atoms with Crippen LogP contribution in [0.4, 0.5) is 0 Å². The number of ether oxygens (including phenoxy) is 1. The summed E-state index contributed by atoms with van der Waals surface area (Å²) in [6.45, 7) is 4.55. The van der Waals surface area contributed by atoms with Crippen LogP contribution in [0.25, 0.3) is 0 Å². The zero-order valence-electron chi connectivity index (χ0n) is 9.69. The topological polar surface area (TPSA) is 60.4 Å². The second kappa shape index (κ2) is 5.48. The van der Waals surface area contributed by atoms with Gasteiger partial charge in [-0.1, -0.05) is 0 Å². The first-order valence-corrected chi connectivity index (χ1v) is 5.85. The van der Waals surface area contributed by atoms with Gasteiger partial charge in [0.05, 0.1) is 19.5 Å². The normalized spacial score (nSPS) is 27.1. The summed E-state index contributed by atoms with van der Waals surface area (Å²) in [5.41, 5.74) is 5.92. The Morgan fingerprint density at radius 1 is 1.56 bits per heavy atom. The molecule has 0 spiro atoms. The van der Waals surface area contributed by atoms with E-state index in [1.807, 2.05) is 12.1 Å². The Hall–Kier alpha value is -0.840. The molecule has 2 rings (SSSR count). The SMILES string of the molecule is CC(Cc1ccco1)NCC1COCC1N. The minimum absolute atomic E-state index is 0.184. The zero-order chi connectivity index (χ0) is 11.4. The molecule has 0 bridgehead atoms. The summed E-state index contributed by atoms with van der Waals surface area (Å²) >= 11 is 0. The van der Waals surface area contributed by atoms with Crippen molar-refractivity contribution in [1.29, 1.82) is 0 Å². The highest BCUT2D eigenvalue weighted by atomic mass is 16.5. The predicted octanol–water partition coefficient (Wildman–Crippen LogP) is 0.774. The van der Waals surface area contributed by atoms with E-state index in [0.717, 1.165) is 25.3 Å². The highest BCUT2D eigenvalue weighted by molar-refractivity contribution is 5.00. The fourth-order valence-electron chi connectivity index (χ4n) is 1.98. The summed E-state index contributed by atoms with van der Waals surface area (Å²) in [7, 11) is 0. The molecule has 0 radical (unpaired) electrons. The van der Waals surface area contributed by atoms with Gasteiger partial charge < -0.3 is 20.2 Å². The Kier molecular flexibility index (Phi) is 3.98. The number of rotatable bonds is 5. The molecule has 1 saturated heterocycles. The number of hydrogen-bond acceptors (Lipinski definition) is 4. The standard InChI is InChI=1S/C12H20N2O2/c1-9(5-11-3-2-4-16-11)14-6-10-7-15-8-12(10)13/h2-4,9-10,12,14H,5-8,13H2,1H3. The van der Waals surface area contributed by atoms with Crippen molar-refractivity contribution >= 4 is 0 Å². The maximum absolute atomic E-state index is 5.92. The molecule has 4 heteroatoms. The predicted molar refractivity (Wildman–Crippen MR) is 62.2 cm³/mol. The van der Waals surface area contributed by atoms with Crippen molar-refractivity contribution in [3.63, 3.8) is 0 Å². The third kappa shape index (κ3) is 3.07. The Morgan fingerprint density at radius 2 is 2.44 bits per heavy atom. The van der Waals surface area contributed by atoms with Crippen LogP contribution in [0.5, 0.6) is 0 Å². The van der Waals surface area contributed by atoms with Gasteiger partial charge in [0.2, 0.25) is 0 Å². The molecule has 0 aromatic carbocycles. The average Bonchev–Trinajstić information content (AvgIpc) is 2.87. The number of furan rings is 1. The van der Waals surface area contributed by atoms with Gasteiger partial charge in [0.15, 0.2) is 0 Å². The van der Waals surface area contributed by atoms with Crippen LogP contribution >= 0.6 is 0 Å². The highest BCUT2D eigenvalue weighted by Gasteiger charge is 2.24. The van der Waals surface area contributed by atoms with E-state index < -0.39 is 0 Å². The van der Waals surface area contributed by atoms with Gasteiger partial charge in [0.25, 0.3) is 0 Å². The van der Waals surface area contributed by atoms with Crippen LogP contribution in [-0.2, 0) is 11.2 Å². The Morgan fingerprint density at radius 3 is 3.06 bits per heavy atom. The molecule has 0 saturated carbocycles. The lowest BCUT2D eigenvalue weighted by Crippen LogP contribution is -2.39. The molecule has 4 nitrogen and oxygen atoms in total. The summed E-state index contributed by atoms with van der Waals surface area (Å²) in [5, 5.41) is 3.47. The number of hydrogen-bond donors (Lipinski definition) is 2. The van der Waals surface area contributed by atoms with E-state index in [1.165, 1.54) is 0 Å². The quantitative estimate of drug-likeness (QED) is 0.775. The van der Waals surface area contributed by atoms with Gasteiger partial charge in [-0.25, -0.2) is 0 Å². The number of nitrogens with one attached hydrogen (secondary N) is 1. The van der Waals surface area contributed by atoms with Crippen LogP contribution in [0, 0.1) is 5.92 Å². The maximum atomic E-state index is 5.92. The second-order valence-corrected chi connectivity index (χ2v) is 4.55. The van der Waals surface area contributed by atoms with E-state index >= 15 is 0 Å². The van der Waals surface area contributed by atoms with Crippen molar-refractivity contribution in [3.05, 3.63) is 24.2 Å². The maximum Gasteiger partial charge on any atom is 0.105 e. The minimum Gasteiger partial charge on any atom is -0.469 e. The molecule has 2 heterocycles. The summed E-state index contributed by atoms with van der Waals surface area (Å²) < 4.78 is 10.6. The van der Waals surface area contributed by atoms with Crippen LogP contribution in [0.3, 0.4) is 0 Å². The molecule has 3 N–H and O–H groups in total. The molecule has 0 aliphatic carbocycles. The Bertz CT molecular complexity index is 300. The molecule has 1 fully saturated rings. The lowest BCUT2D eigenvalue weighted by atomic mass is 10.0. The summed E-state index contributed by atoms with van der Waals surface area (Å²) in [6.07, 6.45) is 2.62. The third-order valence-electron chi connectivity index (χ3n) is 3.06. The van der Waals surface area contributed by atoms with Crippen LogP contribution in [-0.4, -0.2) is 31.8 Å². The Labute approximate surface area is 96.1 Å². The van der Waals surface area contributed by atoms with Crippen molar-refractivity contribution in [2.24, 2.45) is 11.7 Å². The van der Waals surface area contributed by atoms with Crippen molar-refractivity contribution in [1.82, 2.24) is 5.32 Å². The monoisotopic (exact) mass is 224 g/mol. The van der Waals surface area contributed by atoms with Gasteiger partial charge in [-0.15, -0.1) is 0 Å². The van der Waals surface area contributed by atoms with Gasteiger partial charge >= 0.3 is 0 Å². The van der Waals surface area contributed by atoms with Gasteiger partial charge in [0.1, 0.15) is 5.76 Å². The lowest BCUT2D eigenvalue weighted by molar-refractivity contribution is 0.183. The largest absolute Gasteiger partial charge is 0.469 e. The van der Waals surface area contributed by atoms with E-state index in [4.69, 9.17) is 14.9 Å². The first-order chi connectivity index (χ1) is 7.75. The van der Waals surface area contributed by atoms with E-state index in [0.29, 0.717) is 18.6 Å². The highest BCUT2D eigenvalue weighted by Crippen LogP contribution is 2.11. The first-order valence-electron chi connectivity index (χ1n) is 5.85. The zero-order valence-corrected chi connectivity index (χ0v) is 9.69. The third-order valence-corrected chi connectivity index (χ3v) is 3.06. The van der Waals surface area contributed by atoms with Crippen LogP contribution in [0.15, 0.2) is 22.8 Å². The van der Waals surface area contributed by atoms with E-state index in [1.54, 1.807) is 6.26 Å². The molecule has 1 aliphatic rings. The summed E-state index contributed by atoms with van der Waals surface area (Å²) in [6, 6.07) is 4.51. The van der Waals surface area contributed by atoms with Crippen LogP contribution in [0.1, 0.15) is 12.7 Å². The molecule has 1 aromatic rings. The van der Waals surface area contributed by atoms with Crippen LogP contribution in [0.2, 0.25) is 0 Å². The molecular weight excluding hydrogens is 204 g/mol. The molecule has 3 unspecified atom stereocenters. The van der Waals surface area contributed by atoms with Gasteiger partial charge in [0, 0.05) is 31.0 Å². The van der Waals surface area contributed by atoms with Gasteiger partial charge in [-0.2, -0.15) is 0 Å². The van der Waals surface area contributed by atoms with E-state index in [9.17, 15) is 0 Å². The second-order valence-electron chi connectivity index (χ2n) is 4.55. The molecule has 90 valence electrons. The van der Waals surface area contributed by atoms with Crippen molar-refractivity contribution in [2.75, 3.05) is 19.8 Å². The fourth-order valence-corrected chi connectivity index (χ4v) is 1.98. The summed E-state index contributed by atoms with van der Waals surface area (Å²) in [4.78, 5) is 0. The van der Waals surface area contributed by atoms with E-state index in [2.05, 4.69) is 12.2 Å². The average molecular weight is 224 g/mol. The van der Waals surface area contributed by atoms with Gasteiger partial charge in [-0.05, 0) is 19.1 Å². The molecular formula is C12H20N2O2. The molecule has 1 aromatic heterocycles. The minimum atomic E-state index is 0.184. The lowest BCUT2D eigenvalue weighted by Gasteiger charge is -2.18. The fraction of sp³-hybridized carbons (Fsp3) is 0.667. The van der Waals surface area contributed by atoms with Crippen molar-refractivity contribution in [2.45, 2.75) is 25.4 Å². The Balaban J connectivity index is 1.69. The molecule has 1 aliphatic heterocycles. The molecule has 3 atom stereocenters. The molecule has 0 amide bonds. The van der Waals surface area contributed by atoms with Crippen LogP contribution < -0.4 is 11.1 Å². The van der Waals surface area contributed by atoms with Crippen molar-refractivity contribution < 1.29 is 9.15 Å². The van der Waals surface area contributed by atoms with Crippen molar-refractivity contribution in [3.8, 4) is 0 Å². The first kappa shape index (κ1) is 11.6. The van der Waals surface area contributed by atoms with E-state index in [-0.39, 0.29) is 6.04 Å². The summed E-state index contributed by atoms with van der Waals surface area (Å²) in [5.74, 6) is 1.46.